The third kappa shape index (κ3) is 3.59. The zero-order chi connectivity index (χ0) is 23.4. The fourth-order valence-electron chi connectivity index (χ4n) is 4.53. The highest BCUT2D eigenvalue weighted by Crippen LogP contribution is 2.39. The number of nitrogen functional groups attached to an aromatic ring is 1. The van der Waals surface area contributed by atoms with E-state index in [4.69, 9.17) is 10.3 Å². The van der Waals surface area contributed by atoms with Crippen LogP contribution in [0.1, 0.15) is 57.1 Å². The van der Waals surface area contributed by atoms with Gasteiger partial charge < -0.3 is 20.0 Å². The Hall–Kier alpha value is -4.14. The molecular weight excluding hydrogens is 430 g/mol. The fourth-order valence-corrected chi connectivity index (χ4v) is 4.53. The van der Waals surface area contributed by atoms with Gasteiger partial charge in [-0.15, -0.1) is 0 Å². The second kappa shape index (κ2) is 7.72. The number of aromatic nitrogens is 5. The molecule has 0 bridgehead atoms. The van der Waals surface area contributed by atoms with Crippen LogP contribution in [-0.2, 0) is 13.1 Å². The molecule has 9 nitrogen and oxygen atoms in total. The summed E-state index contributed by atoms with van der Waals surface area (Å²) in [4.78, 5) is 17.5. The molecule has 1 saturated carbocycles. The zero-order valence-electron chi connectivity index (χ0n) is 19.1. The Morgan fingerprint density at radius 3 is 2.91 bits per heavy atom. The van der Waals surface area contributed by atoms with E-state index in [9.17, 15) is 4.79 Å². The largest absolute Gasteiger partial charge is 0.380 e. The maximum absolute atomic E-state index is 12.8. The number of imidazole rings is 1. The van der Waals surface area contributed by atoms with Crippen molar-refractivity contribution in [2.45, 2.75) is 45.7 Å². The number of hydrogen-bond acceptors (Lipinski definition) is 6. The standard InChI is InChI=1S/C25H25N7O2/c1-14-7-20-23(34-30-24(20)26)15(2)21(14)9-27-25(33)18-8-28-32(11-18)13-19-12-31-10-17(16-3-4-16)5-6-22(31)29-19/h5-8,10-12,16H,3-4,9,13H2,1-2H3,(H2,26,30)(H,27,33). The van der Waals surface area contributed by atoms with Crippen molar-refractivity contribution in [3.05, 3.63) is 76.5 Å². The lowest BCUT2D eigenvalue weighted by atomic mass is 10.00. The van der Waals surface area contributed by atoms with Crippen LogP contribution in [0.3, 0.4) is 0 Å². The van der Waals surface area contributed by atoms with Crippen molar-refractivity contribution < 1.29 is 9.32 Å². The van der Waals surface area contributed by atoms with Crippen LogP contribution in [0.2, 0.25) is 0 Å². The molecule has 4 aromatic heterocycles. The van der Waals surface area contributed by atoms with E-state index in [0.29, 0.717) is 36.0 Å². The maximum atomic E-state index is 12.8. The van der Waals surface area contributed by atoms with E-state index in [-0.39, 0.29) is 5.91 Å². The number of benzene rings is 1. The number of rotatable bonds is 6. The number of nitrogens with two attached hydrogens (primary N) is 1. The number of fused-ring (bicyclic) bond motifs is 2. The van der Waals surface area contributed by atoms with Gasteiger partial charge in [-0.25, -0.2) is 4.98 Å². The number of amides is 1. The van der Waals surface area contributed by atoms with Gasteiger partial charge in [-0.05, 0) is 61.4 Å². The van der Waals surface area contributed by atoms with Crippen molar-refractivity contribution in [3.63, 3.8) is 0 Å². The maximum Gasteiger partial charge on any atom is 0.254 e. The van der Waals surface area contributed by atoms with Crippen molar-refractivity contribution in [2.75, 3.05) is 5.73 Å². The molecule has 0 aliphatic heterocycles. The Labute approximate surface area is 195 Å². The monoisotopic (exact) mass is 455 g/mol. The molecule has 34 heavy (non-hydrogen) atoms. The number of carbonyl (C=O) groups is 1. The summed E-state index contributed by atoms with van der Waals surface area (Å²) in [6, 6.07) is 6.17. The van der Waals surface area contributed by atoms with Gasteiger partial charge in [-0.1, -0.05) is 11.2 Å². The smallest absolute Gasteiger partial charge is 0.254 e. The van der Waals surface area contributed by atoms with Gasteiger partial charge in [0.15, 0.2) is 11.4 Å². The van der Waals surface area contributed by atoms with Gasteiger partial charge >= 0.3 is 0 Å². The van der Waals surface area contributed by atoms with Crippen LogP contribution in [0.5, 0.6) is 0 Å². The van der Waals surface area contributed by atoms with E-state index in [1.54, 1.807) is 17.1 Å². The first kappa shape index (κ1) is 20.5. The molecule has 9 heteroatoms. The SMILES string of the molecule is Cc1cc2c(N)noc2c(C)c1CNC(=O)c1cnn(Cc2cn3cc(C4CC4)ccc3n2)c1. The van der Waals surface area contributed by atoms with Crippen LogP contribution < -0.4 is 11.1 Å². The van der Waals surface area contributed by atoms with E-state index < -0.39 is 0 Å². The Balaban J connectivity index is 1.15. The lowest BCUT2D eigenvalue weighted by molar-refractivity contribution is 0.0950. The minimum absolute atomic E-state index is 0.189. The van der Waals surface area contributed by atoms with Crippen molar-refractivity contribution in [3.8, 4) is 0 Å². The molecule has 0 radical (unpaired) electrons. The van der Waals surface area contributed by atoms with Crippen LogP contribution in [0, 0.1) is 13.8 Å². The van der Waals surface area contributed by atoms with Gasteiger partial charge in [0.1, 0.15) is 5.65 Å². The van der Waals surface area contributed by atoms with Gasteiger partial charge in [-0.3, -0.25) is 9.48 Å². The third-order valence-corrected chi connectivity index (χ3v) is 6.60. The highest BCUT2D eigenvalue weighted by molar-refractivity contribution is 5.94. The summed E-state index contributed by atoms with van der Waals surface area (Å²) in [7, 11) is 0. The summed E-state index contributed by atoms with van der Waals surface area (Å²) in [5.41, 5.74) is 13.1. The van der Waals surface area contributed by atoms with Gasteiger partial charge in [0.2, 0.25) is 0 Å². The highest BCUT2D eigenvalue weighted by atomic mass is 16.5. The fraction of sp³-hybridized carbons (Fsp3) is 0.280. The van der Waals surface area contributed by atoms with Gasteiger partial charge in [0, 0.05) is 30.7 Å². The number of hydrogen-bond donors (Lipinski definition) is 2. The first-order chi connectivity index (χ1) is 16.5. The minimum atomic E-state index is -0.189. The second-order valence-corrected chi connectivity index (χ2v) is 9.09. The molecule has 5 aromatic rings. The van der Waals surface area contributed by atoms with Crippen molar-refractivity contribution in [1.29, 1.82) is 0 Å². The minimum Gasteiger partial charge on any atom is -0.380 e. The molecule has 0 saturated heterocycles. The number of anilines is 1. The average Bonchev–Trinajstić information content (AvgIpc) is 3.25. The topological polar surface area (TPSA) is 116 Å². The summed E-state index contributed by atoms with van der Waals surface area (Å²) in [6.07, 6.45) is 10.1. The van der Waals surface area contributed by atoms with E-state index in [1.165, 1.54) is 18.4 Å². The van der Waals surface area contributed by atoms with Crippen molar-refractivity contribution in [1.82, 2.24) is 29.6 Å². The molecule has 1 amide bonds. The van der Waals surface area contributed by atoms with Crippen LogP contribution in [-0.4, -0.2) is 30.2 Å². The summed E-state index contributed by atoms with van der Waals surface area (Å²) in [6.45, 7) is 4.80. The van der Waals surface area contributed by atoms with E-state index in [1.807, 2.05) is 26.1 Å². The summed E-state index contributed by atoms with van der Waals surface area (Å²) in [5.74, 6) is 0.885. The lowest BCUT2D eigenvalue weighted by Gasteiger charge is -2.11. The molecular formula is C25H25N7O2. The Bertz CT molecular complexity index is 1550. The van der Waals surface area contributed by atoms with Crippen molar-refractivity contribution in [2.24, 2.45) is 0 Å². The second-order valence-electron chi connectivity index (χ2n) is 9.09. The average molecular weight is 456 g/mol. The number of pyridine rings is 1. The molecule has 0 spiro atoms. The predicted octanol–water partition coefficient (Wildman–Crippen LogP) is 3.73. The number of nitrogens with zero attached hydrogens (tertiary/aromatic N) is 5. The van der Waals surface area contributed by atoms with Crippen molar-refractivity contribution >= 4 is 28.3 Å². The third-order valence-electron chi connectivity index (χ3n) is 6.60. The summed E-state index contributed by atoms with van der Waals surface area (Å²) in [5, 5.41) is 12.0. The molecule has 172 valence electrons. The molecule has 0 unspecified atom stereocenters. The molecule has 3 N–H and O–H groups in total. The molecule has 6 rings (SSSR count). The normalized spacial score (nSPS) is 13.7. The van der Waals surface area contributed by atoms with E-state index >= 15 is 0 Å². The van der Waals surface area contributed by atoms with Crippen LogP contribution in [0.25, 0.3) is 16.6 Å². The molecule has 0 atom stereocenters. The number of nitrogens with one attached hydrogen (secondary N) is 1. The number of carbonyl (C=O) groups excluding carboxylic acids is 1. The first-order valence-corrected chi connectivity index (χ1v) is 11.4. The summed E-state index contributed by atoms with van der Waals surface area (Å²) >= 11 is 0. The molecule has 1 fully saturated rings. The zero-order valence-corrected chi connectivity index (χ0v) is 19.1. The first-order valence-electron chi connectivity index (χ1n) is 11.4. The number of aryl methyl sites for hydroxylation is 2. The Morgan fingerprint density at radius 2 is 2.09 bits per heavy atom. The molecule has 1 aromatic carbocycles. The van der Waals surface area contributed by atoms with Crippen LogP contribution >= 0.6 is 0 Å². The summed E-state index contributed by atoms with van der Waals surface area (Å²) < 4.78 is 9.17. The van der Waals surface area contributed by atoms with E-state index in [2.05, 4.69) is 43.3 Å². The molecule has 1 aliphatic rings. The van der Waals surface area contributed by atoms with Gasteiger partial charge in [-0.2, -0.15) is 5.10 Å². The molecule has 4 heterocycles. The van der Waals surface area contributed by atoms with Gasteiger partial charge in [0.05, 0.1) is 29.4 Å². The quantitative estimate of drug-likeness (QED) is 0.403. The molecule has 1 aliphatic carbocycles. The van der Waals surface area contributed by atoms with Crippen LogP contribution in [0.4, 0.5) is 5.82 Å². The van der Waals surface area contributed by atoms with Gasteiger partial charge in [0.25, 0.3) is 5.91 Å². The Kier molecular flexibility index (Phi) is 4.65. The van der Waals surface area contributed by atoms with Crippen LogP contribution in [0.15, 0.2) is 47.5 Å². The lowest BCUT2D eigenvalue weighted by Crippen LogP contribution is -2.23. The highest BCUT2D eigenvalue weighted by Gasteiger charge is 2.23. The predicted molar refractivity (Wildman–Crippen MR) is 128 cm³/mol. The van der Waals surface area contributed by atoms with E-state index in [0.717, 1.165) is 33.4 Å². The Morgan fingerprint density at radius 1 is 1.24 bits per heavy atom.